The first-order valence-electron chi connectivity index (χ1n) is 9.69. The molecule has 32 heavy (non-hydrogen) atoms. The van der Waals surface area contributed by atoms with Crippen LogP contribution in [0.15, 0.2) is 30.7 Å². The highest BCUT2D eigenvalue weighted by atomic mass is 19.4. The predicted octanol–water partition coefficient (Wildman–Crippen LogP) is 4.40. The maximum Gasteiger partial charge on any atom is 0.422 e. The first-order valence-corrected chi connectivity index (χ1v) is 9.69. The van der Waals surface area contributed by atoms with Crippen LogP contribution < -0.4 is 4.74 Å². The van der Waals surface area contributed by atoms with Crippen molar-refractivity contribution in [3.63, 3.8) is 0 Å². The van der Waals surface area contributed by atoms with Crippen LogP contribution in [0, 0.1) is 6.92 Å². The van der Waals surface area contributed by atoms with Crippen molar-refractivity contribution < 1.29 is 35.9 Å². The number of amides is 1. The average molecular weight is 462 g/mol. The van der Waals surface area contributed by atoms with E-state index in [0.29, 0.717) is 13.1 Å². The van der Waals surface area contributed by atoms with Gasteiger partial charge in [0.1, 0.15) is 5.75 Å². The van der Waals surface area contributed by atoms with E-state index in [1.807, 2.05) is 0 Å². The fourth-order valence-electron chi connectivity index (χ4n) is 3.37. The van der Waals surface area contributed by atoms with Gasteiger partial charge in [-0.3, -0.25) is 19.8 Å². The van der Waals surface area contributed by atoms with Gasteiger partial charge in [-0.1, -0.05) is 0 Å². The van der Waals surface area contributed by atoms with E-state index in [4.69, 9.17) is 4.74 Å². The molecule has 0 radical (unpaired) electrons. The highest BCUT2D eigenvalue weighted by Crippen LogP contribution is 2.33. The van der Waals surface area contributed by atoms with E-state index in [9.17, 15) is 31.1 Å². The second-order valence-corrected chi connectivity index (χ2v) is 7.23. The number of rotatable bonds is 6. The van der Waals surface area contributed by atoms with Crippen molar-refractivity contribution in [1.82, 2.24) is 20.0 Å². The molecular weight excluding hydrogens is 442 g/mol. The number of carbonyl (C=O) groups excluding carboxylic acids is 1. The van der Waals surface area contributed by atoms with Crippen molar-refractivity contribution in [2.24, 2.45) is 0 Å². The second-order valence-electron chi connectivity index (χ2n) is 7.23. The second kappa shape index (κ2) is 9.31. The minimum atomic E-state index is -4.76. The summed E-state index contributed by atoms with van der Waals surface area (Å²) >= 11 is 0. The Balaban J connectivity index is 1.93. The molecule has 0 spiro atoms. The molecule has 6 nitrogen and oxygen atoms in total. The lowest BCUT2D eigenvalue weighted by Gasteiger charge is -2.32. The molecule has 1 saturated heterocycles. The monoisotopic (exact) mass is 462 g/mol. The molecule has 3 heterocycles. The highest BCUT2D eigenvalue weighted by molar-refractivity contribution is 5.95. The lowest BCUT2D eigenvalue weighted by Crippen LogP contribution is -2.45. The zero-order chi connectivity index (χ0) is 23.5. The molecule has 0 aromatic carbocycles. The van der Waals surface area contributed by atoms with Crippen LogP contribution in [0.2, 0.25) is 0 Å². The SMILES string of the molecule is Cc1c(OCC(F)(F)F)ccnc1CN(C(=O)c1cnccc1C(F)(F)F)N1CCCC1. The summed E-state index contributed by atoms with van der Waals surface area (Å²) in [6.45, 7) is 0.621. The zero-order valence-electron chi connectivity index (χ0n) is 17.0. The molecule has 0 atom stereocenters. The number of alkyl halides is 6. The van der Waals surface area contributed by atoms with Crippen molar-refractivity contribution >= 4 is 5.91 Å². The normalized spacial score (nSPS) is 15.1. The van der Waals surface area contributed by atoms with Gasteiger partial charge in [-0.2, -0.15) is 26.3 Å². The van der Waals surface area contributed by atoms with Gasteiger partial charge < -0.3 is 4.74 Å². The number of carbonyl (C=O) groups is 1. The van der Waals surface area contributed by atoms with Gasteiger partial charge in [0.2, 0.25) is 0 Å². The molecule has 2 aromatic rings. The van der Waals surface area contributed by atoms with Gasteiger partial charge in [0, 0.05) is 37.2 Å². The van der Waals surface area contributed by atoms with Crippen LogP contribution in [0.5, 0.6) is 5.75 Å². The fraction of sp³-hybridized carbons (Fsp3) is 0.450. The van der Waals surface area contributed by atoms with Crippen molar-refractivity contribution in [2.45, 2.75) is 38.7 Å². The van der Waals surface area contributed by atoms with Crippen LogP contribution in [0.25, 0.3) is 0 Å². The molecule has 174 valence electrons. The van der Waals surface area contributed by atoms with Gasteiger partial charge in [-0.15, -0.1) is 0 Å². The van der Waals surface area contributed by atoms with Crippen LogP contribution in [0.3, 0.4) is 0 Å². The molecule has 2 aromatic heterocycles. The third kappa shape index (κ3) is 5.67. The Labute approximate surface area is 179 Å². The maximum atomic E-state index is 13.4. The zero-order valence-corrected chi connectivity index (χ0v) is 17.0. The molecule has 0 bridgehead atoms. The Morgan fingerprint density at radius 1 is 1.12 bits per heavy atom. The number of halogens is 6. The first kappa shape index (κ1) is 23.8. The minimum absolute atomic E-state index is 0.0708. The van der Waals surface area contributed by atoms with Gasteiger partial charge in [-0.25, -0.2) is 5.01 Å². The number of nitrogens with zero attached hydrogens (tertiary/aromatic N) is 4. The number of ether oxygens (including phenoxy) is 1. The van der Waals surface area contributed by atoms with Crippen molar-refractivity contribution in [1.29, 1.82) is 0 Å². The molecule has 1 aliphatic heterocycles. The van der Waals surface area contributed by atoms with Gasteiger partial charge in [0.15, 0.2) is 6.61 Å². The largest absolute Gasteiger partial charge is 0.484 e. The Hall–Kier alpha value is -2.89. The summed E-state index contributed by atoms with van der Waals surface area (Å²) in [5.74, 6) is -0.992. The number of aromatic nitrogens is 2. The predicted molar refractivity (Wildman–Crippen MR) is 100 cm³/mol. The number of hydrazine groups is 1. The van der Waals surface area contributed by atoms with E-state index >= 15 is 0 Å². The summed E-state index contributed by atoms with van der Waals surface area (Å²) in [5, 5.41) is 2.75. The molecule has 1 fully saturated rings. The Kier molecular flexibility index (Phi) is 6.91. The first-order chi connectivity index (χ1) is 15.0. The average Bonchev–Trinajstić information content (AvgIpc) is 3.25. The van der Waals surface area contributed by atoms with E-state index in [2.05, 4.69) is 9.97 Å². The van der Waals surface area contributed by atoms with Crippen molar-refractivity contribution in [3.8, 4) is 5.75 Å². The minimum Gasteiger partial charge on any atom is -0.484 e. The fourth-order valence-corrected chi connectivity index (χ4v) is 3.37. The van der Waals surface area contributed by atoms with E-state index in [0.717, 1.165) is 36.3 Å². The Bertz CT molecular complexity index is 958. The van der Waals surface area contributed by atoms with Gasteiger partial charge in [-0.05, 0) is 31.9 Å². The van der Waals surface area contributed by atoms with Crippen molar-refractivity contribution in [3.05, 3.63) is 53.1 Å². The van der Waals surface area contributed by atoms with E-state index in [1.165, 1.54) is 19.2 Å². The van der Waals surface area contributed by atoms with Crippen LogP contribution >= 0.6 is 0 Å². The number of hydrogen-bond acceptors (Lipinski definition) is 5. The number of hydrogen-bond donors (Lipinski definition) is 0. The van der Waals surface area contributed by atoms with Crippen molar-refractivity contribution in [2.75, 3.05) is 19.7 Å². The number of pyridine rings is 2. The Morgan fingerprint density at radius 2 is 1.81 bits per heavy atom. The topological polar surface area (TPSA) is 58.6 Å². The van der Waals surface area contributed by atoms with Crippen LogP contribution in [0.1, 0.15) is 40.0 Å². The van der Waals surface area contributed by atoms with Crippen LogP contribution in [-0.2, 0) is 12.7 Å². The molecule has 0 aliphatic carbocycles. The van der Waals surface area contributed by atoms with Crippen LogP contribution in [-0.4, -0.2) is 51.8 Å². The van der Waals surface area contributed by atoms with Crippen LogP contribution in [0.4, 0.5) is 26.3 Å². The molecule has 3 rings (SSSR count). The molecule has 0 unspecified atom stereocenters. The third-order valence-electron chi connectivity index (χ3n) is 4.96. The standard InChI is InChI=1S/C20H20F6N4O2/c1-13-16(28-7-5-17(13)32-12-19(21,22)23)11-30(29-8-2-3-9-29)18(31)14-10-27-6-4-15(14)20(24,25)26/h4-7,10H,2-3,8-9,11-12H2,1H3. The van der Waals surface area contributed by atoms with Gasteiger partial charge >= 0.3 is 12.4 Å². The molecule has 1 aliphatic rings. The molecule has 0 N–H and O–H groups in total. The summed E-state index contributed by atoms with van der Waals surface area (Å²) in [5.41, 5.74) is -1.26. The third-order valence-corrected chi connectivity index (χ3v) is 4.96. The summed E-state index contributed by atoms with van der Waals surface area (Å²) in [6, 6.07) is 1.99. The van der Waals surface area contributed by atoms with Gasteiger partial charge in [0.25, 0.3) is 5.91 Å². The summed E-state index contributed by atoms with van der Waals surface area (Å²) < 4.78 is 82.7. The summed E-state index contributed by atoms with van der Waals surface area (Å²) in [6.07, 6.45) is -4.78. The lowest BCUT2D eigenvalue weighted by molar-refractivity contribution is -0.153. The van der Waals surface area contributed by atoms with Gasteiger partial charge in [0.05, 0.1) is 23.4 Å². The molecule has 12 heteroatoms. The maximum absolute atomic E-state index is 13.4. The molecule has 1 amide bonds. The summed E-state index contributed by atoms with van der Waals surface area (Å²) in [4.78, 5) is 21.0. The van der Waals surface area contributed by atoms with E-state index in [-0.39, 0.29) is 23.6 Å². The van der Waals surface area contributed by atoms with E-state index < -0.39 is 36.0 Å². The lowest BCUT2D eigenvalue weighted by atomic mass is 10.1. The molecular formula is C20H20F6N4O2. The quantitative estimate of drug-likeness (QED) is 0.596. The Morgan fingerprint density at radius 3 is 2.44 bits per heavy atom. The van der Waals surface area contributed by atoms with E-state index in [1.54, 1.807) is 5.01 Å². The molecule has 0 saturated carbocycles. The summed E-state index contributed by atoms with van der Waals surface area (Å²) in [7, 11) is 0. The smallest absolute Gasteiger partial charge is 0.422 e. The highest BCUT2D eigenvalue weighted by Gasteiger charge is 2.38.